The molecule has 0 fully saturated rings. The van der Waals surface area contributed by atoms with Gasteiger partial charge in [0.15, 0.2) is 0 Å². The van der Waals surface area contributed by atoms with Gasteiger partial charge in [0.2, 0.25) is 11.8 Å². The summed E-state index contributed by atoms with van der Waals surface area (Å²) in [6, 6.07) is 0. The molecule has 0 saturated carbocycles. The number of nitrogens with one attached hydrogen (secondary N) is 2. The molecule has 0 saturated heterocycles. The van der Waals surface area contributed by atoms with Crippen molar-refractivity contribution in [3.63, 3.8) is 0 Å². The predicted octanol–water partition coefficient (Wildman–Crippen LogP) is 10.6. The van der Waals surface area contributed by atoms with E-state index >= 15 is 0 Å². The van der Waals surface area contributed by atoms with Crippen molar-refractivity contribution in [3.8, 4) is 0 Å². The molecule has 2 N–H and O–H groups in total. The van der Waals surface area contributed by atoms with Gasteiger partial charge in [-0.1, -0.05) is 117 Å². The van der Waals surface area contributed by atoms with E-state index in [4.69, 9.17) is 0 Å². The third-order valence-corrected chi connectivity index (χ3v) is 8.23. The summed E-state index contributed by atoms with van der Waals surface area (Å²) in [4.78, 5) is 25.7. The van der Waals surface area contributed by atoms with Gasteiger partial charge in [0.1, 0.15) is 0 Å². The first-order valence-corrected chi connectivity index (χ1v) is 16.0. The first-order chi connectivity index (χ1) is 18.3. The number of rotatable bonds is 22. The molecule has 1 aromatic carbocycles. The molecule has 0 unspecified atom stereocenters. The second-order valence-corrected chi connectivity index (χ2v) is 11.5. The van der Waals surface area contributed by atoms with Crippen LogP contribution in [0.5, 0.6) is 0 Å². The van der Waals surface area contributed by atoms with Crippen molar-refractivity contribution in [2.75, 3.05) is 10.6 Å². The van der Waals surface area contributed by atoms with Gasteiger partial charge in [-0.3, -0.25) is 9.59 Å². The number of carbonyl (C=O) groups is 2. The lowest BCUT2D eigenvalue weighted by Crippen LogP contribution is -2.19. The molecule has 0 heterocycles. The lowest BCUT2D eigenvalue weighted by atomic mass is 9.95. The summed E-state index contributed by atoms with van der Waals surface area (Å²) in [6.45, 7) is 12.8. The zero-order chi connectivity index (χ0) is 28.2. The van der Waals surface area contributed by atoms with Crippen LogP contribution < -0.4 is 10.6 Å². The summed E-state index contributed by atoms with van der Waals surface area (Å²) in [6.07, 6.45) is 23.4. The molecule has 1 rings (SSSR count). The van der Waals surface area contributed by atoms with E-state index in [1.54, 1.807) is 0 Å². The smallest absolute Gasteiger partial charge is 0.224 e. The van der Waals surface area contributed by atoms with E-state index in [2.05, 4.69) is 38.3 Å². The number of unbranched alkanes of at least 4 members (excludes halogenated alkanes) is 16. The molecule has 38 heavy (non-hydrogen) atoms. The van der Waals surface area contributed by atoms with Crippen LogP contribution in [0.1, 0.15) is 165 Å². The summed E-state index contributed by atoms with van der Waals surface area (Å²) < 4.78 is 0. The number of benzene rings is 1. The van der Waals surface area contributed by atoms with Crippen LogP contribution in [0, 0.1) is 27.7 Å². The van der Waals surface area contributed by atoms with Gasteiger partial charge >= 0.3 is 0 Å². The molecule has 0 aliphatic rings. The van der Waals surface area contributed by atoms with Gasteiger partial charge in [-0.2, -0.15) is 0 Å². The molecule has 1 aromatic rings. The van der Waals surface area contributed by atoms with Crippen molar-refractivity contribution in [3.05, 3.63) is 22.3 Å². The Kier molecular flexibility index (Phi) is 18.9. The lowest BCUT2D eigenvalue weighted by molar-refractivity contribution is -0.117. The number of hydrogen-bond donors (Lipinski definition) is 2. The number of hydrogen-bond acceptors (Lipinski definition) is 2. The molecule has 2 amide bonds. The van der Waals surface area contributed by atoms with Gasteiger partial charge in [0.05, 0.1) is 11.4 Å². The predicted molar refractivity (Wildman–Crippen MR) is 166 cm³/mol. The third kappa shape index (κ3) is 13.8. The van der Waals surface area contributed by atoms with Crippen LogP contribution in [0.25, 0.3) is 0 Å². The molecule has 4 nitrogen and oxygen atoms in total. The molecule has 0 atom stereocenters. The highest BCUT2D eigenvalue weighted by atomic mass is 16.2. The maximum absolute atomic E-state index is 12.8. The molecule has 0 aliphatic heterocycles. The minimum Gasteiger partial charge on any atom is -0.324 e. The zero-order valence-electron chi connectivity index (χ0n) is 26.0. The largest absolute Gasteiger partial charge is 0.324 e. The average Bonchev–Trinajstić information content (AvgIpc) is 2.90. The maximum atomic E-state index is 12.8. The highest BCUT2D eigenvalue weighted by Crippen LogP contribution is 2.35. The molecule has 0 aliphatic carbocycles. The van der Waals surface area contributed by atoms with Gasteiger partial charge < -0.3 is 10.6 Å². The third-order valence-electron chi connectivity index (χ3n) is 8.23. The first kappa shape index (κ1) is 34.2. The van der Waals surface area contributed by atoms with Gasteiger partial charge in [0, 0.05) is 12.8 Å². The van der Waals surface area contributed by atoms with Crippen LogP contribution in [-0.4, -0.2) is 11.8 Å². The maximum Gasteiger partial charge on any atom is 0.224 e. The fourth-order valence-corrected chi connectivity index (χ4v) is 5.22. The molecule has 4 heteroatoms. The minimum atomic E-state index is 0.0492. The van der Waals surface area contributed by atoms with E-state index in [1.165, 1.54) is 101 Å². The Balaban J connectivity index is 2.53. The summed E-state index contributed by atoms with van der Waals surface area (Å²) >= 11 is 0. The Bertz CT molecular complexity index is 748. The molecular weight excluding hydrogens is 468 g/mol. The Morgan fingerprint density at radius 2 is 0.684 bits per heavy atom. The van der Waals surface area contributed by atoms with Crippen LogP contribution in [0.2, 0.25) is 0 Å². The van der Waals surface area contributed by atoms with Gasteiger partial charge in [-0.25, -0.2) is 0 Å². The van der Waals surface area contributed by atoms with Crippen molar-refractivity contribution in [1.29, 1.82) is 0 Å². The molecular formula is C34H60N2O2. The Labute approximate surface area is 235 Å². The Morgan fingerprint density at radius 1 is 0.421 bits per heavy atom. The van der Waals surface area contributed by atoms with Crippen molar-refractivity contribution in [2.45, 2.75) is 170 Å². The topological polar surface area (TPSA) is 58.2 Å². The molecule has 0 bridgehead atoms. The monoisotopic (exact) mass is 528 g/mol. The fraction of sp³-hybridized carbons (Fsp3) is 0.765. The van der Waals surface area contributed by atoms with Crippen LogP contribution >= 0.6 is 0 Å². The fourth-order valence-electron chi connectivity index (χ4n) is 5.22. The Morgan fingerprint density at radius 3 is 0.974 bits per heavy atom. The summed E-state index contributed by atoms with van der Waals surface area (Å²) in [5.74, 6) is 0.0984. The number of anilines is 2. The van der Waals surface area contributed by atoms with Crippen molar-refractivity contribution < 1.29 is 9.59 Å². The van der Waals surface area contributed by atoms with E-state index in [1.807, 2.05) is 13.8 Å². The van der Waals surface area contributed by atoms with Gasteiger partial charge in [0.25, 0.3) is 0 Å². The summed E-state index contributed by atoms with van der Waals surface area (Å²) in [7, 11) is 0. The summed E-state index contributed by atoms with van der Waals surface area (Å²) in [5.41, 5.74) is 6.02. The highest BCUT2D eigenvalue weighted by Gasteiger charge is 2.19. The van der Waals surface area contributed by atoms with E-state index in [0.717, 1.165) is 48.2 Å². The lowest BCUT2D eigenvalue weighted by Gasteiger charge is -2.22. The second-order valence-electron chi connectivity index (χ2n) is 11.5. The van der Waals surface area contributed by atoms with Crippen LogP contribution in [0.4, 0.5) is 11.4 Å². The zero-order valence-corrected chi connectivity index (χ0v) is 26.0. The van der Waals surface area contributed by atoms with Gasteiger partial charge in [-0.15, -0.1) is 0 Å². The normalized spacial score (nSPS) is 11.1. The van der Waals surface area contributed by atoms with Crippen molar-refractivity contribution in [2.24, 2.45) is 0 Å². The number of amides is 2. The van der Waals surface area contributed by atoms with Crippen LogP contribution in [0.3, 0.4) is 0 Å². The van der Waals surface area contributed by atoms with E-state index in [0.29, 0.717) is 12.8 Å². The van der Waals surface area contributed by atoms with E-state index < -0.39 is 0 Å². The van der Waals surface area contributed by atoms with Crippen molar-refractivity contribution >= 4 is 23.2 Å². The number of carbonyl (C=O) groups excluding carboxylic acids is 2. The van der Waals surface area contributed by atoms with Crippen molar-refractivity contribution in [1.82, 2.24) is 0 Å². The quantitative estimate of drug-likeness (QED) is 0.147. The molecule has 0 spiro atoms. The minimum absolute atomic E-state index is 0.0492. The Hall–Kier alpha value is -1.84. The first-order valence-electron chi connectivity index (χ1n) is 16.0. The molecule has 0 aromatic heterocycles. The standard InChI is InChI=1S/C34H60N2O2/c1-7-9-11-13-15-17-19-21-23-25-31(37)35-33-29(5)27(3)28(4)30(6)34(33)36-32(38)26-24-22-20-18-16-14-12-10-8-2/h7-26H2,1-6H3,(H,35,37)(H,36,38). The van der Waals surface area contributed by atoms with Gasteiger partial charge in [-0.05, 0) is 62.8 Å². The van der Waals surface area contributed by atoms with E-state index in [-0.39, 0.29) is 11.8 Å². The summed E-state index contributed by atoms with van der Waals surface area (Å²) in [5, 5.41) is 6.34. The van der Waals surface area contributed by atoms with Crippen LogP contribution in [-0.2, 0) is 9.59 Å². The molecule has 0 radical (unpaired) electrons. The molecule has 218 valence electrons. The van der Waals surface area contributed by atoms with Crippen LogP contribution in [0.15, 0.2) is 0 Å². The second kappa shape index (κ2) is 21.0. The average molecular weight is 529 g/mol. The van der Waals surface area contributed by atoms with E-state index in [9.17, 15) is 9.59 Å². The SMILES string of the molecule is CCCCCCCCCCCC(=O)Nc1c(C)c(C)c(C)c(C)c1NC(=O)CCCCCCCCCCC. The highest BCUT2D eigenvalue weighted by molar-refractivity contribution is 6.02.